The van der Waals surface area contributed by atoms with Gasteiger partial charge in [-0.25, -0.2) is 0 Å². The van der Waals surface area contributed by atoms with Gasteiger partial charge in [0.1, 0.15) is 0 Å². The lowest BCUT2D eigenvalue weighted by Gasteiger charge is -2.10. The molecule has 1 aliphatic heterocycles. The van der Waals surface area contributed by atoms with Crippen LogP contribution in [0.4, 0.5) is 0 Å². The molecule has 0 bridgehead atoms. The number of hydrogen-bond acceptors (Lipinski definition) is 3. The summed E-state index contributed by atoms with van der Waals surface area (Å²) in [6.07, 6.45) is 0.351. The van der Waals surface area contributed by atoms with Crippen molar-refractivity contribution in [3.63, 3.8) is 0 Å². The molecule has 16 heavy (non-hydrogen) atoms. The van der Waals surface area contributed by atoms with Gasteiger partial charge in [-0.05, 0) is 6.54 Å². The van der Waals surface area contributed by atoms with Crippen LogP contribution in [0.15, 0.2) is 0 Å². The molecule has 1 aliphatic rings. The van der Waals surface area contributed by atoms with Crippen molar-refractivity contribution in [2.24, 2.45) is 5.92 Å². The summed E-state index contributed by atoms with van der Waals surface area (Å²) in [5, 5.41) is 5.94. The van der Waals surface area contributed by atoms with Gasteiger partial charge >= 0.3 is 0 Å². The van der Waals surface area contributed by atoms with E-state index in [0.29, 0.717) is 19.5 Å². The summed E-state index contributed by atoms with van der Waals surface area (Å²) in [5.41, 5.74) is 0. The van der Waals surface area contributed by atoms with E-state index >= 15 is 0 Å². The van der Waals surface area contributed by atoms with Crippen molar-refractivity contribution < 1.29 is 9.59 Å². The summed E-state index contributed by atoms with van der Waals surface area (Å²) >= 11 is 0. The first kappa shape index (κ1) is 15.2. The molecular formula is C10H20ClN3O2. The quantitative estimate of drug-likeness (QED) is 0.653. The molecule has 1 saturated heterocycles. The minimum atomic E-state index is -0.163. The van der Waals surface area contributed by atoms with Crippen LogP contribution in [0.3, 0.4) is 0 Å². The molecule has 1 heterocycles. The summed E-state index contributed by atoms with van der Waals surface area (Å²) in [6.45, 7) is 4.87. The maximum atomic E-state index is 11.6. The third kappa shape index (κ3) is 4.37. The molecule has 0 aromatic carbocycles. The highest BCUT2D eigenvalue weighted by Crippen LogP contribution is 2.15. The molecule has 5 nitrogen and oxygen atoms in total. The SMILES string of the molecule is CCNCCNC(=O)C1CC(=O)N(C)C1.Cl. The van der Waals surface area contributed by atoms with Crippen LogP contribution in [0, 0.1) is 5.92 Å². The number of nitrogens with zero attached hydrogens (tertiary/aromatic N) is 1. The molecule has 0 aliphatic carbocycles. The Morgan fingerprint density at radius 3 is 2.69 bits per heavy atom. The Morgan fingerprint density at radius 1 is 1.50 bits per heavy atom. The first-order valence-electron chi connectivity index (χ1n) is 5.37. The van der Waals surface area contributed by atoms with Gasteiger partial charge in [-0.1, -0.05) is 6.92 Å². The molecule has 2 amide bonds. The molecule has 0 aromatic rings. The lowest BCUT2D eigenvalue weighted by molar-refractivity contribution is -0.128. The Labute approximate surface area is 102 Å². The molecule has 2 N–H and O–H groups in total. The molecule has 1 unspecified atom stereocenters. The Balaban J connectivity index is 0.00000225. The van der Waals surface area contributed by atoms with Crippen LogP contribution in [-0.2, 0) is 9.59 Å². The van der Waals surface area contributed by atoms with E-state index in [1.165, 1.54) is 0 Å². The number of carbonyl (C=O) groups excluding carboxylic acids is 2. The fourth-order valence-electron chi connectivity index (χ4n) is 1.63. The van der Waals surface area contributed by atoms with Crippen molar-refractivity contribution in [2.45, 2.75) is 13.3 Å². The molecule has 1 fully saturated rings. The third-order valence-corrected chi connectivity index (χ3v) is 2.56. The van der Waals surface area contributed by atoms with Crippen LogP contribution in [0.5, 0.6) is 0 Å². The van der Waals surface area contributed by atoms with Crippen molar-refractivity contribution in [2.75, 3.05) is 33.2 Å². The Hall–Kier alpha value is -0.810. The zero-order valence-corrected chi connectivity index (χ0v) is 10.6. The van der Waals surface area contributed by atoms with E-state index in [4.69, 9.17) is 0 Å². The monoisotopic (exact) mass is 249 g/mol. The van der Waals surface area contributed by atoms with Crippen molar-refractivity contribution in [1.82, 2.24) is 15.5 Å². The minimum Gasteiger partial charge on any atom is -0.355 e. The van der Waals surface area contributed by atoms with Gasteiger partial charge in [-0.15, -0.1) is 12.4 Å². The molecule has 94 valence electrons. The number of rotatable bonds is 5. The Kier molecular flexibility index (Phi) is 7.08. The maximum absolute atomic E-state index is 11.6. The van der Waals surface area contributed by atoms with Crippen LogP contribution >= 0.6 is 12.4 Å². The third-order valence-electron chi connectivity index (χ3n) is 2.56. The largest absolute Gasteiger partial charge is 0.355 e. The summed E-state index contributed by atoms with van der Waals surface area (Å²) in [4.78, 5) is 24.4. The molecule has 1 rings (SSSR count). The van der Waals surface area contributed by atoms with Crippen molar-refractivity contribution >= 4 is 24.2 Å². The Morgan fingerprint density at radius 2 is 2.19 bits per heavy atom. The lowest BCUT2D eigenvalue weighted by atomic mass is 10.1. The van der Waals surface area contributed by atoms with Crippen LogP contribution in [0.1, 0.15) is 13.3 Å². The number of hydrogen-bond donors (Lipinski definition) is 2. The molecule has 0 spiro atoms. The number of amides is 2. The molecule has 0 radical (unpaired) electrons. The number of carbonyl (C=O) groups is 2. The number of nitrogens with one attached hydrogen (secondary N) is 2. The van der Waals surface area contributed by atoms with Crippen LogP contribution in [0.25, 0.3) is 0 Å². The predicted octanol–water partition coefficient (Wildman–Crippen LogP) is -0.388. The number of likely N-dealkylation sites (tertiary alicyclic amines) is 1. The van der Waals surface area contributed by atoms with Crippen molar-refractivity contribution in [3.05, 3.63) is 0 Å². The zero-order valence-electron chi connectivity index (χ0n) is 9.78. The fraction of sp³-hybridized carbons (Fsp3) is 0.800. The highest BCUT2D eigenvalue weighted by Gasteiger charge is 2.31. The van der Waals surface area contributed by atoms with Gasteiger partial charge in [-0.2, -0.15) is 0 Å². The van der Waals surface area contributed by atoms with Gasteiger partial charge < -0.3 is 15.5 Å². The smallest absolute Gasteiger partial charge is 0.225 e. The molecular weight excluding hydrogens is 230 g/mol. The molecule has 0 aromatic heterocycles. The molecule has 6 heteroatoms. The first-order chi connectivity index (χ1) is 7.15. The second kappa shape index (κ2) is 7.46. The van der Waals surface area contributed by atoms with Crippen LogP contribution in [0.2, 0.25) is 0 Å². The Bertz CT molecular complexity index is 248. The minimum absolute atomic E-state index is 0. The van der Waals surface area contributed by atoms with Crippen molar-refractivity contribution in [3.8, 4) is 0 Å². The summed E-state index contributed by atoms with van der Waals surface area (Å²) in [5.74, 6) is -0.114. The van der Waals surface area contributed by atoms with Gasteiger partial charge in [0.25, 0.3) is 0 Å². The molecule has 1 atom stereocenters. The highest BCUT2D eigenvalue weighted by atomic mass is 35.5. The zero-order chi connectivity index (χ0) is 11.3. The second-order valence-electron chi connectivity index (χ2n) is 3.82. The van der Waals surface area contributed by atoms with E-state index in [2.05, 4.69) is 10.6 Å². The van der Waals surface area contributed by atoms with Gasteiger partial charge in [0.05, 0.1) is 5.92 Å². The highest BCUT2D eigenvalue weighted by molar-refractivity contribution is 5.89. The number of halogens is 1. The number of likely N-dealkylation sites (N-methyl/N-ethyl adjacent to an activating group) is 1. The standard InChI is InChI=1S/C10H19N3O2.ClH/c1-3-11-4-5-12-10(15)8-6-9(14)13(2)7-8;/h8,11H,3-7H2,1-2H3,(H,12,15);1H. The fourth-order valence-corrected chi connectivity index (χ4v) is 1.63. The van der Waals surface area contributed by atoms with Crippen molar-refractivity contribution in [1.29, 1.82) is 0 Å². The topological polar surface area (TPSA) is 61.4 Å². The maximum Gasteiger partial charge on any atom is 0.225 e. The summed E-state index contributed by atoms with van der Waals surface area (Å²) in [6, 6.07) is 0. The van der Waals surface area contributed by atoms with E-state index in [9.17, 15) is 9.59 Å². The average Bonchev–Trinajstić information content (AvgIpc) is 2.54. The normalized spacial score (nSPS) is 19.5. The first-order valence-corrected chi connectivity index (χ1v) is 5.37. The van der Waals surface area contributed by atoms with E-state index in [-0.39, 0.29) is 30.1 Å². The van der Waals surface area contributed by atoms with Gasteiger partial charge in [0.2, 0.25) is 11.8 Å². The van der Waals surface area contributed by atoms with Crippen LogP contribution < -0.4 is 10.6 Å². The lowest BCUT2D eigenvalue weighted by Crippen LogP contribution is -2.36. The average molecular weight is 250 g/mol. The summed E-state index contributed by atoms with van der Waals surface area (Å²) < 4.78 is 0. The predicted molar refractivity (Wildman–Crippen MR) is 64.5 cm³/mol. The van der Waals surface area contributed by atoms with E-state index in [1.807, 2.05) is 6.92 Å². The van der Waals surface area contributed by atoms with Gasteiger partial charge in [0, 0.05) is 33.1 Å². The van der Waals surface area contributed by atoms with Crippen LogP contribution in [-0.4, -0.2) is 49.9 Å². The van der Waals surface area contributed by atoms with Gasteiger partial charge in [0.15, 0.2) is 0 Å². The molecule has 0 saturated carbocycles. The second-order valence-corrected chi connectivity index (χ2v) is 3.82. The van der Waals surface area contributed by atoms with E-state index < -0.39 is 0 Å². The van der Waals surface area contributed by atoms with Gasteiger partial charge in [-0.3, -0.25) is 9.59 Å². The van der Waals surface area contributed by atoms with E-state index in [0.717, 1.165) is 13.1 Å². The van der Waals surface area contributed by atoms with E-state index in [1.54, 1.807) is 11.9 Å². The summed E-state index contributed by atoms with van der Waals surface area (Å²) in [7, 11) is 1.73.